The Morgan fingerprint density at radius 2 is 1.54 bits per heavy atom. The van der Waals surface area contributed by atoms with E-state index in [0.717, 1.165) is 28.7 Å². The highest BCUT2D eigenvalue weighted by Gasteiger charge is 2.29. The summed E-state index contributed by atoms with van der Waals surface area (Å²) in [7, 11) is 0. The largest absolute Gasteiger partial charge is 0.423 e. The second-order valence-electron chi connectivity index (χ2n) is 6.53. The number of benzene rings is 2. The van der Waals surface area contributed by atoms with Crippen molar-refractivity contribution in [1.29, 1.82) is 0 Å². The maximum atomic E-state index is 12.5. The Morgan fingerprint density at radius 3 is 2.17 bits per heavy atom. The lowest BCUT2D eigenvalue weighted by Crippen LogP contribution is -2.03. The van der Waals surface area contributed by atoms with Crippen molar-refractivity contribution >= 4 is 12.0 Å². The fourth-order valence-corrected chi connectivity index (χ4v) is 2.92. The van der Waals surface area contributed by atoms with E-state index < -0.39 is 0 Å². The number of carbonyl (C=O) groups excluding carboxylic acids is 1. The van der Waals surface area contributed by atoms with Gasteiger partial charge in [0.05, 0.1) is 0 Å². The number of ether oxygens (including phenoxy) is 1. The van der Waals surface area contributed by atoms with E-state index in [1.165, 1.54) is 0 Å². The van der Waals surface area contributed by atoms with Gasteiger partial charge in [-0.05, 0) is 29.5 Å². The molecule has 0 aromatic heterocycles. The van der Waals surface area contributed by atoms with E-state index in [1.807, 2.05) is 66.7 Å². The smallest absolute Gasteiger partial charge is 0.340 e. The van der Waals surface area contributed by atoms with E-state index in [2.05, 4.69) is 13.8 Å². The minimum absolute atomic E-state index is 0.211. The Hall–Kier alpha value is -2.61. The molecule has 1 aliphatic rings. The molecule has 0 atom stereocenters. The maximum Gasteiger partial charge on any atom is 0.340 e. The van der Waals surface area contributed by atoms with Crippen LogP contribution in [0.2, 0.25) is 0 Å². The Bertz CT molecular complexity index is 768. The van der Waals surface area contributed by atoms with Gasteiger partial charge in [-0.1, -0.05) is 74.5 Å². The van der Waals surface area contributed by atoms with Crippen LogP contribution in [0.15, 0.2) is 77.6 Å². The van der Waals surface area contributed by atoms with E-state index in [1.54, 1.807) is 0 Å². The van der Waals surface area contributed by atoms with Gasteiger partial charge in [-0.3, -0.25) is 0 Å². The van der Waals surface area contributed by atoms with Gasteiger partial charge in [0, 0.05) is 17.6 Å². The van der Waals surface area contributed by atoms with E-state index in [4.69, 9.17) is 4.74 Å². The Labute approximate surface area is 143 Å². The monoisotopic (exact) mass is 318 g/mol. The molecule has 2 aromatic rings. The van der Waals surface area contributed by atoms with Crippen molar-refractivity contribution in [3.63, 3.8) is 0 Å². The zero-order valence-corrected chi connectivity index (χ0v) is 14.2. The van der Waals surface area contributed by atoms with Crippen LogP contribution in [0.1, 0.15) is 31.4 Å². The molecule has 0 saturated carbocycles. The van der Waals surface area contributed by atoms with Crippen molar-refractivity contribution in [2.24, 2.45) is 5.92 Å². The predicted octanol–water partition coefficient (Wildman–Crippen LogP) is 5.17. The molecular weight excluding hydrogens is 296 g/mol. The van der Waals surface area contributed by atoms with Crippen molar-refractivity contribution in [2.75, 3.05) is 0 Å². The van der Waals surface area contributed by atoms with Crippen molar-refractivity contribution in [2.45, 2.75) is 26.7 Å². The van der Waals surface area contributed by atoms with E-state index in [9.17, 15) is 4.79 Å². The van der Waals surface area contributed by atoms with Crippen molar-refractivity contribution in [3.05, 3.63) is 88.7 Å². The highest BCUT2D eigenvalue weighted by Crippen LogP contribution is 2.34. The van der Waals surface area contributed by atoms with Crippen LogP contribution in [0, 0.1) is 5.92 Å². The first kappa shape index (κ1) is 16.3. The molecule has 0 amide bonds. The van der Waals surface area contributed by atoms with Crippen LogP contribution in [0.5, 0.6) is 0 Å². The van der Waals surface area contributed by atoms with E-state index in [-0.39, 0.29) is 5.97 Å². The summed E-state index contributed by atoms with van der Waals surface area (Å²) in [6, 6.07) is 20.1. The van der Waals surface area contributed by atoms with Crippen LogP contribution >= 0.6 is 0 Å². The highest BCUT2D eigenvalue weighted by molar-refractivity contribution is 5.96. The minimum Gasteiger partial charge on any atom is -0.423 e. The number of rotatable bonds is 5. The number of carbonyl (C=O) groups is 1. The van der Waals surface area contributed by atoms with Gasteiger partial charge in [0.25, 0.3) is 0 Å². The molecule has 0 N–H and O–H groups in total. The first-order valence-corrected chi connectivity index (χ1v) is 8.38. The van der Waals surface area contributed by atoms with Gasteiger partial charge in [-0.25, -0.2) is 4.79 Å². The zero-order chi connectivity index (χ0) is 16.9. The number of hydrogen-bond acceptors (Lipinski definition) is 2. The first-order valence-electron chi connectivity index (χ1n) is 8.38. The lowest BCUT2D eigenvalue weighted by atomic mass is 9.94. The SMILES string of the molecule is CC(C)CC1=C(Cc2ccccc2)C(=O)O/C1=C\c1ccccc1. The standard InChI is InChI=1S/C22H22O2/c1-16(2)13-19-20(14-17-9-5-3-6-10-17)22(23)24-21(19)15-18-11-7-4-8-12-18/h3-12,15-16H,13-14H2,1-2H3/b21-15-. The molecule has 0 aliphatic carbocycles. The second-order valence-corrected chi connectivity index (χ2v) is 6.53. The van der Waals surface area contributed by atoms with E-state index in [0.29, 0.717) is 18.1 Å². The molecule has 2 heteroatoms. The second kappa shape index (κ2) is 7.31. The average Bonchev–Trinajstić information content (AvgIpc) is 2.85. The summed E-state index contributed by atoms with van der Waals surface area (Å²) in [5.41, 5.74) is 4.01. The Balaban J connectivity index is 1.98. The molecule has 0 saturated heterocycles. The molecule has 0 unspecified atom stereocenters. The van der Waals surface area contributed by atoms with Gasteiger partial charge in [-0.15, -0.1) is 0 Å². The van der Waals surface area contributed by atoms with Crippen LogP contribution in [0.4, 0.5) is 0 Å². The predicted molar refractivity (Wildman–Crippen MR) is 97.1 cm³/mol. The third-order valence-corrected chi connectivity index (χ3v) is 4.04. The summed E-state index contributed by atoms with van der Waals surface area (Å²) < 4.78 is 5.61. The molecule has 3 rings (SSSR count). The van der Waals surface area contributed by atoms with Crippen molar-refractivity contribution in [3.8, 4) is 0 Å². The summed E-state index contributed by atoms with van der Waals surface area (Å²) in [5, 5.41) is 0. The lowest BCUT2D eigenvalue weighted by Gasteiger charge is -2.09. The molecule has 0 radical (unpaired) electrons. The summed E-state index contributed by atoms with van der Waals surface area (Å²) >= 11 is 0. The van der Waals surface area contributed by atoms with Gasteiger partial charge < -0.3 is 4.74 Å². The van der Waals surface area contributed by atoms with Crippen molar-refractivity contribution < 1.29 is 9.53 Å². The molecule has 2 aromatic carbocycles. The van der Waals surface area contributed by atoms with Gasteiger partial charge in [0.1, 0.15) is 5.76 Å². The molecule has 0 bridgehead atoms. The van der Waals surface area contributed by atoms with Crippen LogP contribution < -0.4 is 0 Å². The quantitative estimate of drug-likeness (QED) is 0.711. The Kier molecular flexibility index (Phi) is 4.95. The number of cyclic esters (lactones) is 1. The number of allylic oxidation sites excluding steroid dienone is 1. The first-order chi connectivity index (χ1) is 11.6. The molecule has 0 fully saturated rings. The van der Waals surface area contributed by atoms with Crippen LogP contribution in [0.25, 0.3) is 6.08 Å². The maximum absolute atomic E-state index is 12.5. The minimum atomic E-state index is -0.211. The molecule has 122 valence electrons. The highest BCUT2D eigenvalue weighted by atomic mass is 16.5. The Morgan fingerprint density at radius 1 is 0.917 bits per heavy atom. The topological polar surface area (TPSA) is 26.3 Å². The molecule has 1 aliphatic heterocycles. The summed E-state index contributed by atoms with van der Waals surface area (Å²) in [6.07, 6.45) is 3.42. The van der Waals surface area contributed by atoms with Gasteiger partial charge >= 0.3 is 5.97 Å². The summed E-state index contributed by atoms with van der Waals surface area (Å²) in [6.45, 7) is 4.33. The van der Waals surface area contributed by atoms with Gasteiger partial charge in [0.15, 0.2) is 0 Å². The number of esters is 1. The molecular formula is C22H22O2. The molecule has 2 nitrogen and oxygen atoms in total. The normalized spacial score (nSPS) is 16.1. The number of hydrogen-bond donors (Lipinski definition) is 0. The third-order valence-electron chi connectivity index (χ3n) is 4.04. The van der Waals surface area contributed by atoms with Crippen molar-refractivity contribution in [1.82, 2.24) is 0 Å². The van der Waals surface area contributed by atoms with Crippen LogP contribution in [-0.4, -0.2) is 5.97 Å². The third kappa shape index (κ3) is 3.83. The molecule has 1 heterocycles. The fourth-order valence-electron chi connectivity index (χ4n) is 2.92. The summed E-state index contributed by atoms with van der Waals surface area (Å²) in [4.78, 5) is 12.5. The lowest BCUT2D eigenvalue weighted by molar-refractivity contribution is -0.133. The average molecular weight is 318 g/mol. The molecule has 0 spiro atoms. The summed E-state index contributed by atoms with van der Waals surface area (Å²) in [5.74, 6) is 0.946. The van der Waals surface area contributed by atoms with Gasteiger partial charge in [-0.2, -0.15) is 0 Å². The van der Waals surface area contributed by atoms with Crippen LogP contribution in [-0.2, 0) is 16.0 Å². The van der Waals surface area contributed by atoms with Gasteiger partial charge in [0.2, 0.25) is 0 Å². The van der Waals surface area contributed by atoms with Crippen LogP contribution in [0.3, 0.4) is 0 Å². The molecule has 24 heavy (non-hydrogen) atoms. The van der Waals surface area contributed by atoms with E-state index >= 15 is 0 Å². The zero-order valence-electron chi connectivity index (χ0n) is 14.2. The fraction of sp³-hybridized carbons (Fsp3) is 0.227.